The summed E-state index contributed by atoms with van der Waals surface area (Å²) >= 11 is 0. The predicted octanol–water partition coefficient (Wildman–Crippen LogP) is 2.65. The van der Waals surface area contributed by atoms with Crippen molar-refractivity contribution in [2.45, 2.75) is 71.5 Å². The highest BCUT2D eigenvalue weighted by Crippen LogP contribution is 2.32. The number of carbonyl (C=O) groups is 3. The second kappa shape index (κ2) is 10.3. The van der Waals surface area contributed by atoms with Crippen LogP contribution in [0.4, 0.5) is 4.79 Å². The Hall–Kier alpha value is -2.97. The Bertz CT molecular complexity index is 874. The van der Waals surface area contributed by atoms with Crippen molar-refractivity contribution in [3.63, 3.8) is 0 Å². The number of ether oxygens (including phenoxy) is 2. The van der Waals surface area contributed by atoms with Crippen molar-refractivity contribution in [3.8, 4) is 11.5 Å². The third kappa shape index (κ3) is 6.52. The zero-order valence-corrected chi connectivity index (χ0v) is 20.2. The molecular weight excluding hydrogens is 424 g/mol. The number of amides is 4. The summed E-state index contributed by atoms with van der Waals surface area (Å²) in [5.74, 6) is 0.493. The van der Waals surface area contributed by atoms with Crippen LogP contribution >= 0.6 is 0 Å². The standard InChI is InChI=1S/C24H36N4O5/c1-6-15(2)25-22(30)20(16-9-11-28(12-10-16)23(31)27-24(3,4)5)26-21(29)17-7-8-18-19(13-17)33-14-32-18/h7-8,13,15-16,20H,6,9-12,14H2,1-5H3,(H,25,30)(H,26,29)(H,27,31). The summed E-state index contributed by atoms with van der Waals surface area (Å²) in [5.41, 5.74) is 0.0909. The number of nitrogens with one attached hydrogen (secondary N) is 3. The number of rotatable bonds is 6. The Labute approximate surface area is 195 Å². The van der Waals surface area contributed by atoms with Crippen LogP contribution in [0.15, 0.2) is 18.2 Å². The van der Waals surface area contributed by atoms with Crippen molar-refractivity contribution in [2.24, 2.45) is 5.92 Å². The van der Waals surface area contributed by atoms with Gasteiger partial charge in [-0.1, -0.05) is 6.92 Å². The molecule has 3 N–H and O–H groups in total. The second-order valence-electron chi connectivity index (χ2n) is 9.84. The Kier molecular flexibility index (Phi) is 7.71. The van der Waals surface area contributed by atoms with E-state index in [-0.39, 0.29) is 42.1 Å². The third-order valence-electron chi connectivity index (χ3n) is 5.99. The first-order valence-electron chi connectivity index (χ1n) is 11.7. The fraction of sp³-hybridized carbons (Fsp3) is 0.625. The molecule has 2 heterocycles. The summed E-state index contributed by atoms with van der Waals surface area (Å²) in [4.78, 5) is 40.4. The van der Waals surface area contributed by atoms with Crippen molar-refractivity contribution in [1.82, 2.24) is 20.9 Å². The van der Waals surface area contributed by atoms with Crippen LogP contribution in [0.25, 0.3) is 0 Å². The summed E-state index contributed by atoms with van der Waals surface area (Å²) < 4.78 is 10.7. The van der Waals surface area contributed by atoms with E-state index >= 15 is 0 Å². The zero-order valence-electron chi connectivity index (χ0n) is 20.2. The molecule has 0 spiro atoms. The lowest BCUT2D eigenvalue weighted by molar-refractivity contribution is -0.125. The van der Waals surface area contributed by atoms with E-state index in [0.717, 1.165) is 6.42 Å². The molecule has 33 heavy (non-hydrogen) atoms. The first-order valence-corrected chi connectivity index (χ1v) is 11.7. The smallest absolute Gasteiger partial charge is 0.317 e. The Morgan fingerprint density at radius 2 is 1.76 bits per heavy atom. The van der Waals surface area contributed by atoms with Crippen LogP contribution in [0, 0.1) is 5.92 Å². The molecule has 0 aromatic heterocycles. The molecule has 4 amide bonds. The molecule has 0 saturated carbocycles. The quantitative estimate of drug-likeness (QED) is 0.605. The Morgan fingerprint density at radius 3 is 2.39 bits per heavy atom. The number of hydrogen-bond donors (Lipinski definition) is 3. The molecule has 1 fully saturated rings. The first-order chi connectivity index (χ1) is 15.6. The third-order valence-corrected chi connectivity index (χ3v) is 5.99. The highest BCUT2D eigenvalue weighted by molar-refractivity contribution is 5.98. The van der Waals surface area contributed by atoms with Crippen LogP contribution in [0.5, 0.6) is 11.5 Å². The maximum Gasteiger partial charge on any atom is 0.317 e. The topological polar surface area (TPSA) is 109 Å². The molecule has 1 aromatic rings. The van der Waals surface area contributed by atoms with Gasteiger partial charge in [-0.25, -0.2) is 4.79 Å². The van der Waals surface area contributed by atoms with Crippen LogP contribution in [-0.4, -0.2) is 60.3 Å². The monoisotopic (exact) mass is 460 g/mol. The van der Waals surface area contributed by atoms with Gasteiger partial charge in [0, 0.05) is 30.2 Å². The van der Waals surface area contributed by atoms with E-state index in [1.165, 1.54) is 0 Å². The minimum atomic E-state index is -0.690. The van der Waals surface area contributed by atoms with Crippen LogP contribution < -0.4 is 25.4 Å². The summed E-state index contributed by atoms with van der Waals surface area (Å²) in [6.45, 7) is 10.9. The molecule has 2 aliphatic rings. The predicted molar refractivity (Wildman–Crippen MR) is 124 cm³/mol. The summed E-state index contributed by atoms with van der Waals surface area (Å²) in [6, 6.07) is 4.18. The Balaban J connectivity index is 1.69. The molecule has 0 radical (unpaired) electrons. The molecule has 0 aliphatic carbocycles. The van der Waals surface area contributed by atoms with Gasteiger partial charge in [-0.2, -0.15) is 0 Å². The summed E-state index contributed by atoms with van der Waals surface area (Å²) in [7, 11) is 0. The first kappa shape index (κ1) is 24.7. The fourth-order valence-electron chi connectivity index (χ4n) is 3.93. The van der Waals surface area contributed by atoms with E-state index in [9.17, 15) is 14.4 Å². The van der Waals surface area contributed by atoms with Gasteiger partial charge >= 0.3 is 6.03 Å². The van der Waals surface area contributed by atoms with E-state index in [0.29, 0.717) is 43.0 Å². The minimum Gasteiger partial charge on any atom is -0.454 e. The van der Waals surface area contributed by atoms with E-state index in [1.807, 2.05) is 34.6 Å². The van der Waals surface area contributed by atoms with Crippen molar-refractivity contribution in [1.29, 1.82) is 0 Å². The van der Waals surface area contributed by atoms with E-state index in [2.05, 4.69) is 16.0 Å². The number of nitrogens with zero attached hydrogens (tertiary/aromatic N) is 1. The molecule has 3 rings (SSSR count). The molecule has 182 valence electrons. The molecule has 1 saturated heterocycles. The van der Waals surface area contributed by atoms with Crippen molar-refractivity contribution in [3.05, 3.63) is 23.8 Å². The number of fused-ring (bicyclic) bond motifs is 1. The lowest BCUT2D eigenvalue weighted by Gasteiger charge is -2.37. The minimum absolute atomic E-state index is 0.0000905. The van der Waals surface area contributed by atoms with Gasteiger partial charge in [-0.05, 0) is 71.1 Å². The van der Waals surface area contributed by atoms with Gasteiger partial charge in [0.05, 0.1) is 0 Å². The van der Waals surface area contributed by atoms with Gasteiger partial charge < -0.3 is 30.3 Å². The zero-order chi connectivity index (χ0) is 24.2. The molecule has 0 bridgehead atoms. The largest absolute Gasteiger partial charge is 0.454 e. The van der Waals surface area contributed by atoms with Crippen molar-refractivity contribution in [2.75, 3.05) is 19.9 Å². The molecular formula is C24H36N4O5. The highest BCUT2D eigenvalue weighted by Gasteiger charge is 2.35. The Morgan fingerprint density at radius 1 is 1.09 bits per heavy atom. The lowest BCUT2D eigenvalue weighted by atomic mass is 9.88. The van der Waals surface area contributed by atoms with Crippen LogP contribution in [-0.2, 0) is 4.79 Å². The normalized spacial score (nSPS) is 17.8. The number of benzene rings is 1. The molecule has 9 nitrogen and oxygen atoms in total. The lowest BCUT2D eigenvalue weighted by Crippen LogP contribution is -2.56. The van der Waals surface area contributed by atoms with Gasteiger partial charge in [0.1, 0.15) is 6.04 Å². The number of likely N-dealkylation sites (tertiary alicyclic amines) is 1. The van der Waals surface area contributed by atoms with E-state index in [1.54, 1.807) is 23.1 Å². The van der Waals surface area contributed by atoms with Crippen LogP contribution in [0.1, 0.15) is 64.2 Å². The fourth-order valence-corrected chi connectivity index (χ4v) is 3.93. The second-order valence-corrected chi connectivity index (χ2v) is 9.84. The molecule has 2 unspecified atom stereocenters. The SMILES string of the molecule is CCC(C)NC(=O)C(NC(=O)c1ccc2c(c1)OCO2)C1CCN(C(=O)NC(C)(C)C)CC1. The van der Waals surface area contributed by atoms with E-state index < -0.39 is 6.04 Å². The average molecular weight is 461 g/mol. The average Bonchev–Trinajstić information content (AvgIpc) is 3.24. The van der Waals surface area contributed by atoms with E-state index in [4.69, 9.17) is 9.47 Å². The number of carbonyl (C=O) groups excluding carboxylic acids is 3. The molecule has 2 atom stereocenters. The maximum atomic E-state index is 13.1. The van der Waals surface area contributed by atoms with Crippen molar-refractivity contribution < 1.29 is 23.9 Å². The molecule has 1 aromatic carbocycles. The molecule has 2 aliphatic heterocycles. The van der Waals surface area contributed by atoms with Gasteiger partial charge in [-0.3, -0.25) is 9.59 Å². The maximum absolute atomic E-state index is 13.1. The van der Waals surface area contributed by atoms with Gasteiger partial charge in [0.25, 0.3) is 5.91 Å². The molecule has 9 heteroatoms. The van der Waals surface area contributed by atoms with Crippen molar-refractivity contribution >= 4 is 17.8 Å². The number of hydrogen-bond acceptors (Lipinski definition) is 5. The highest BCUT2D eigenvalue weighted by atomic mass is 16.7. The summed E-state index contributed by atoms with van der Waals surface area (Å²) in [5, 5.41) is 8.92. The number of piperidine rings is 1. The summed E-state index contributed by atoms with van der Waals surface area (Å²) in [6.07, 6.45) is 2.04. The number of urea groups is 1. The van der Waals surface area contributed by atoms with Gasteiger partial charge in [0.15, 0.2) is 11.5 Å². The van der Waals surface area contributed by atoms with Crippen LogP contribution in [0.2, 0.25) is 0 Å². The van der Waals surface area contributed by atoms with Gasteiger partial charge in [0.2, 0.25) is 12.7 Å². The van der Waals surface area contributed by atoms with Gasteiger partial charge in [-0.15, -0.1) is 0 Å². The van der Waals surface area contributed by atoms with Crippen LogP contribution in [0.3, 0.4) is 0 Å².